The molecule has 2 aliphatic rings. The van der Waals surface area contributed by atoms with E-state index in [0.29, 0.717) is 18.1 Å². The van der Waals surface area contributed by atoms with Crippen LogP contribution in [0.4, 0.5) is 0 Å². The average molecular weight is 321 g/mol. The Labute approximate surface area is 143 Å². The van der Waals surface area contributed by atoms with Gasteiger partial charge >= 0.3 is 0 Å². The lowest BCUT2D eigenvalue weighted by Crippen LogP contribution is -2.41. The fraction of sp³-hybridized carbons (Fsp3) is 0.810. The molecule has 0 N–H and O–H groups in total. The Balaban J connectivity index is 1.88. The van der Waals surface area contributed by atoms with E-state index in [1.54, 1.807) is 0 Å². The quantitative estimate of drug-likeness (QED) is 0.607. The van der Waals surface area contributed by atoms with Gasteiger partial charge in [-0.15, -0.1) is 0 Å². The molecule has 0 aromatic carbocycles. The van der Waals surface area contributed by atoms with E-state index in [9.17, 15) is 0 Å². The predicted molar refractivity (Wildman–Crippen MR) is 97.6 cm³/mol. The lowest BCUT2D eigenvalue weighted by molar-refractivity contribution is -0.0858. The zero-order valence-electron chi connectivity index (χ0n) is 15.9. The van der Waals surface area contributed by atoms with Crippen molar-refractivity contribution in [1.29, 1.82) is 0 Å². The highest BCUT2D eigenvalue weighted by Gasteiger charge is 2.38. The molecule has 1 unspecified atom stereocenters. The lowest BCUT2D eigenvalue weighted by Gasteiger charge is -2.42. The Bertz CT molecular complexity index is 432. The minimum absolute atomic E-state index is 0.115. The summed E-state index contributed by atoms with van der Waals surface area (Å²) in [6, 6.07) is 0. The van der Waals surface area contributed by atoms with E-state index in [1.165, 1.54) is 17.6 Å². The van der Waals surface area contributed by atoms with Crippen LogP contribution in [0.15, 0.2) is 24.3 Å². The van der Waals surface area contributed by atoms with Crippen LogP contribution < -0.4 is 0 Å². The van der Waals surface area contributed by atoms with Gasteiger partial charge in [0, 0.05) is 0 Å². The number of ether oxygens (including phenoxy) is 2. The highest BCUT2D eigenvalue weighted by Crippen LogP contribution is 2.40. The first kappa shape index (κ1) is 18.7. The van der Waals surface area contributed by atoms with Crippen molar-refractivity contribution in [2.24, 2.45) is 11.3 Å². The van der Waals surface area contributed by atoms with E-state index in [0.717, 1.165) is 32.1 Å². The van der Waals surface area contributed by atoms with E-state index >= 15 is 0 Å². The molecule has 0 aromatic heterocycles. The van der Waals surface area contributed by atoms with Crippen LogP contribution in [0.25, 0.3) is 0 Å². The fourth-order valence-electron chi connectivity index (χ4n) is 3.99. The molecule has 5 atom stereocenters. The predicted octanol–water partition coefficient (Wildman–Crippen LogP) is 5.68. The average Bonchev–Trinajstić information content (AvgIpc) is 2.79. The van der Waals surface area contributed by atoms with Crippen LogP contribution in [-0.4, -0.2) is 24.4 Å². The van der Waals surface area contributed by atoms with Crippen LogP contribution in [-0.2, 0) is 9.47 Å². The molecule has 0 radical (unpaired) electrons. The normalized spacial score (nSPS) is 35.8. The smallest absolute Gasteiger partial charge is 0.0836 e. The van der Waals surface area contributed by atoms with Crippen molar-refractivity contribution in [3.8, 4) is 0 Å². The monoisotopic (exact) mass is 320 g/mol. The molecule has 2 saturated heterocycles. The van der Waals surface area contributed by atoms with Gasteiger partial charge in [-0.1, -0.05) is 54.2 Å². The fourth-order valence-corrected chi connectivity index (χ4v) is 3.99. The van der Waals surface area contributed by atoms with Crippen molar-refractivity contribution in [2.75, 3.05) is 0 Å². The Morgan fingerprint density at radius 1 is 1.04 bits per heavy atom. The molecule has 132 valence electrons. The molecule has 23 heavy (non-hydrogen) atoms. The number of rotatable bonds is 5. The summed E-state index contributed by atoms with van der Waals surface area (Å²) < 4.78 is 12.6. The minimum Gasteiger partial charge on any atom is -0.370 e. The highest BCUT2D eigenvalue weighted by atomic mass is 16.5. The van der Waals surface area contributed by atoms with Crippen LogP contribution in [0.2, 0.25) is 0 Å². The summed E-state index contributed by atoms with van der Waals surface area (Å²) >= 11 is 0. The SMILES string of the molecule is C=C1CC(CCC)O[C@H]1CC[C@H]1C[C@@H](C)C(=C)[C@@H](C(C)(C)C)O1. The lowest BCUT2D eigenvalue weighted by atomic mass is 9.76. The summed E-state index contributed by atoms with van der Waals surface area (Å²) in [5.74, 6) is 0.540. The third-order valence-electron chi connectivity index (χ3n) is 5.36. The standard InChI is InChI=1S/C21H36O2/c1-8-9-17-13-15(3)19(22-17)11-10-18-12-14(2)16(4)20(23-18)21(5,6)7/h14,17-20H,3-4,8-13H2,1-2,5-7H3/t14-,17?,18+,19+,20+/m1/s1. The van der Waals surface area contributed by atoms with Crippen LogP contribution in [0, 0.1) is 11.3 Å². The van der Waals surface area contributed by atoms with Gasteiger partial charge in [0.1, 0.15) is 0 Å². The number of hydrogen-bond donors (Lipinski definition) is 0. The van der Waals surface area contributed by atoms with E-state index in [-0.39, 0.29) is 17.6 Å². The van der Waals surface area contributed by atoms with Crippen molar-refractivity contribution in [1.82, 2.24) is 0 Å². The minimum atomic E-state index is 0.115. The molecule has 2 heteroatoms. The molecule has 2 heterocycles. The Morgan fingerprint density at radius 2 is 1.74 bits per heavy atom. The summed E-state index contributed by atoms with van der Waals surface area (Å²) in [4.78, 5) is 0. The van der Waals surface area contributed by atoms with E-state index in [2.05, 4.69) is 47.8 Å². The third kappa shape index (κ3) is 4.70. The van der Waals surface area contributed by atoms with Gasteiger partial charge in [-0.25, -0.2) is 0 Å². The molecule has 2 nitrogen and oxygen atoms in total. The van der Waals surface area contributed by atoms with Gasteiger partial charge in [0.2, 0.25) is 0 Å². The second-order valence-electron chi connectivity index (χ2n) is 8.69. The Kier molecular flexibility index (Phi) is 6.13. The summed E-state index contributed by atoms with van der Waals surface area (Å²) in [6.45, 7) is 19.8. The van der Waals surface area contributed by atoms with Crippen molar-refractivity contribution < 1.29 is 9.47 Å². The molecule has 0 spiro atoms. The first-order chi connectivity index (χ1) is 10.7. The maximum atomic E-state index is 6.42. The second-order valence-corrected chi connectivity index (χ2v) is 8.69. The first-order valence-electron chi connectivity index (χ1n) is 9.39. The molecule has 2 aliphatic heterocycles. The molecule has 2 rings (SSSR count). The topological polar surface area (TPSA) is 18.5 Å². The molecular formula is C21H36O2. The molecule has 0 aromatic rings. The van der Waals surface area contributed by atoms with Crippen LogP contribution in [0.1, 0.15) is 73.1 Å². The van der Waals surface area contributed by atoms with Gasteiger partial charge in [-0.3, -0.25) is 0 Å². The molecular weight excluding hydrogens is 284 g/mol. The maximum absolute atomic E-state index is 6.42. The van der Waals surface area contributed by atoms with Gasteiger partial charge < -0.3 is 9.47 Å². The van der Waals surface area contributed by atoms with Gasteiger partial charge in [0.25, 0.3) is 0 Å². The summed E-state index contributed by atoms with van der Waals surface area (Å²) in [6.07, 6.45) is 7.69. The van der Waals surface area contributed by atoms with Gasteiger partial charge in [0.05, 0.1) is 24.4 Å². The molecule has 2 fully saturated rings. The zero-order valence-corrected chi connectivity index (χ0v) is 15.9. The zero-order chi connectivity index (χ0) is 17.2. The second kappa shape index (κ2) is 7.53. The highest BCUT2D eigenvalue weighted by molar-refractivity contribution is 5.14. The largest absolute Gasteiger partial charge is 0.370 e. The van der Waals surface area contributed by atoms with Crippen LogP contribution in [0.3, 0.4) is 0 Å². The Hall–Kier alpha value is -0.600. The van der Waals surface area contributed by atoms with Gasteiger partial charge in [0.15, 0.2) is 0 Å². The van der Waals surface area contributed by atoms with E-state index < -0.39 is 0 Å². The summed E-state index contributed by atoms with van der Waals surface area (Å²) in [5.41, 5.74) is 2.66. The van der Waals surface area contributed by atoms with Gasteiger partial charge in [-0.2, -0.15) is 0 Å². The Morgan fingerprint density at radius 3 is 2.35 bits per heavy atom. The summed E-state index contributed by atoms with van der Waals surface area (Å²) in [5, 5.41) is 0. The van der Waals surface area contributed by atoms with Crippen molar-refractivity contribution in [2.45, 2.75) is 97.6 Å². The van der Waals surface area contributed by atoms with Crippen molar-refractivity contribution >= 4 is 0 Å². The summed E-state index contributed by atoms with van der Waals surface area (Å²) in [7, 11) is 0. The van der Waals surface area contributed by atoms with Crippen LogP contribution in [0.5, 0.6) is 0 Å². The molecule has 0 bridgehead atoms. The van der Waals surface area contributed by atoms with Crippen molar-refractivity contribution in [3.05, 3.63) is 24.3 Å². The molecule has 0 saturated carbocycles. The van der Waals surface area contributed by atoms with Crippen LogP contribution >= 0.6 is 0 Å². The molecule has 0 amide bonds. The van der Waals surface area contributed by atoms with E-state index in [4.69, 9.17) is 9.47 Å². The van der Waals surface area contributed by atoms with Gasteiger partial charge in [-0.05, 0) is 54.6 Å². The third-order valence-corrected chi connectivity index (χ3v) is 5.36. The van der Waals surface area contributed by atoms with Crippen molar-refractivity contribution in [3.63, 3.8) is 0 Å². The number of hydrogen-bond acceptors (Lipinski definition) is 2. The molecule has 0 aliphatic carbocycles. The first-order valence-corrected chi connectivity index (χ1v) is 9.39. The maximum Gasteiger partial charge on any atom is 0.0836 e. The van der Waals surface area contributed by atoms with E-state index in [1.807, 2.05) is 0 Å².